The number of aromatic nitrogens is 3. The maximum absolute atomic E-state index is 13.3. The van der Waals surface area contributed by atoms with Gasteiger partial charge in [0.05, 0.1) is 17.3 Å². The van der Waals surface area contributed by atoms with Crippen LogP contribution in [0, 0.1) is 5.82 Å². The number of nitrogens with zero attached hydrogens (tertiary/aromatic N) is 2. The van der Waals surface area contributed by atoms with Crippen molar-refractivity contribution in [1.82, 2.24) is 15.2 Å². The average molecular weight is 348 g/mol. The molecule has 0 aliphatic heterocycles. The highest BCUT2D eigenvalue weighted by atomic mass is 19.1. The number of halogens is 1. The maximum atomic E-state index is 13.3. The number of carbonyl (C=O) groups is 1. The number of nitrogens with one attached hydrogen (secondary N) is 2. The van der Waals surface area contributed by atoms with E-state index in [-0.39, 0.29) is 5.82 Å². The first-order valence-electron chi connectivity index (χ1n) is 7.82. The van der Waals surface area contributed by atoms with Gasteiger partial charge in [0.1, 0.15) is 11.6 Å². The van der Waals surface area contributed by atoms with Crippen molar-refractivity contribution < 1.29 is 13.9 Å². The van der Waals surface area contributed by atoms with E-state index in [4.69, 9.17) is 4.74 Å². The second kappa shape index (κ2) is 6.64. The average Bonchev–Trinajstić information content (AvgIpc) is 3.05. The summed E-state index contributed by atoms with van der Waals surface area (Å²) in [5.74, 6) is 0.438. The van der Waals surface area contributed by atoms with Gasteiger partial charge in [0.25, 0.3) is 5.91 Å². The lowest BCUT2D eigenvalue weighted by atomic mass is 10.2. The van der Waals surface area contributed by atoms with E-state index < -0.39 is 5.91 Å². The van der Waals surface area contributed by atoms with E-state index in [9.17, 15) is 9.18 Å². The Morgan fingerprint density at radius 3 is 2.81 bits per heavy atom. The molecule has 2 heterocycles. The van der Waals surface area contributed by atoms with Crippen molar-refractivity contribution in [3.8, 4) is 11.5 Å². The summed E-state index contributed by atoms with van der Waals surface area (Å²) < 4.78 is 19.0. The minimum Gasteiger partial charge on any atom is -0.455 e. The third-order valence-electron chi connectivity index (χ3n) is 3.76. The van der Waals surface area contributed by atoms with Crippen LogP contribution in [-0.4, -0.2) is 21.1 Å². The molecule has 26 heavy (non-hydrogen) atoms. The topological polar surface area (TPSA) is 79.9 Å². The Morgan fingerprint density at radius 2 is 1.96 bits per heavy atom. The molecule has 2 aromatic carbocycles. The number of hydrogen-bond acceptors (Lipinski definition) is 4. The van der Waals surface area contributed by atoms with Crippen LogP contribution in [0.5, 0.6) is 11.5 Å². The van der Waals surface area contributed by atoms with Crippen LogP contribution in [0.4, 0.5) is 10.2 Å². The molecule has 0 aliphatic rings. The van der Waals surface area contributed by atoms with Gasteiger partial charge in [-0.15, -0.1) is 0 Å². The predicted octanol–water partition coefficient (Wildman–Crippen LogP) is 4.14. The van der Waals surface area contributed by atoms with Crippen LogP contribution < -0.4 is 10.1 Å². The van der Waals surface area contributed by atoms with Gasteiger partial charge in [0.2, 0.25) is 0 Å². The van der Waals surface area contributed by atoms with E-state index in [1.54, 1.807) is 24.3 Å². The number of rotatable bonds is 4. The first-order chi connectivity index (χ1) is 12.7. The van der Waals surface area contributed by atoms with Crippen molar-refractivity contribution in [3.63, 3.8) is 0 Å². The summed E-state index contributed by atoms with van der Waals surface area (Å²) >= 11 is 0. The summed E-state index contributed by atoms with van der Waals surface area (Å²) in [7, 11) is 0. The first-order valence-corrected chi connectivity index (χ1v) is 7.82. The molecule has 0 saturated carbocycles. The fourth-order valence-corrected chi connectivity index (χ4v) is 2.53. The lowest BCUT2D eigenvalue weighted by Crippen LogP contribution is -2.13. The van der Waals surface area contributed by atoms with E-state index in [1.165, 1.54) is 24.5 Å². The maximum Gasteiger partial charge on any atom is 0.260 e. The molecule has 1 amide bonds. The van der Waals surface area contributed by atoms with Crippen molar-refractivity contribution in [2.24, 2.45) is 0 Å². The van der Waals surface area contributed by atoms with Crippen LogP contribution in [0.1, 0.15) is 10.4 Å². The molecule has 2 aromatic heterocycles. The summed E-state index contributed by atoms with van der Waals surface area (Å²) in [5.41, 5.74) is 0.804. The minimum absolute atomic E-state index is 0.308. The molecule has 128 valence electrons. The highest BCUT2D eigenvalue weighted by Gasteiger charge is 2.16. The van der Waals surface area contributed by atoms with Crippen LogP contribution in [0.3, 0.4) is 0 Å². The number of ether oxygens (including phenoxy) is 1. The molecule has 0 fully saturated rings. The van der Waals surface area contributed by atoms with Gasteiger partial charge in [-0.25, -0.2) is 4.39 Å². The van der Waals surface area contributed by atoms with E-state index in [1.807, 2.05) is 18.2 Å². The molecule has 0 atom stereocenters. The van der Waals surface area contributed by atoms with Gasteiger partial charge in [0, 0.05) is 11.6 Å². The van der Waals surface area contributed by atoms with E-state index in [0.717, 1.165) is 0 Å². The van der Waals surface area contributed by atoms with Gasteiger partial charge >= 0.3 is 0 Å². The Balaban J connectivity index is 1.62. The van der Waals surface area contributed by atoms with Gasteiger partial charge in [0.15, 0.2) is 11.6 Å². The quantitative estimate of drug-likeness (QED) is 0.581. The van der Waals surface area contributed by atoms with Crippen LogP contribution in [0.15, 0.2) is 67.0 Å². The molecular formula is C19H13FN4O2. The molecule has 0 aliphatic carbocycles. The van der Waals surface area contributed by atoms with Gasteiger partial charge < -0.3 is 10.1 Å². The number of carbonyl (C=O) groups excluding carboxylic acids is 1. The summed E-state index contributed by atoms with van der Waals surface area (Å²) in [6.07, 6.45) is 2.98. The minimum atomic E-state index is -0.406. The number of anilines is 1. The van der Waals surface area contributed by atoms with Gasteiger partial charge in [-0.1, -0.05) is 18.2 Å². The number of amides is 1. The molecule has 4 rings (SSSR count). The monoisotopic (exact) mass is 348 g/mol. The van der Waals surface area contributed by atoms with Gasteiger partial charge in [-0.2, -0.15) is 5.10 Å². The zero-order chi connectivity index (χ0) is 17.9. The zero-order valence-corrected chi connectivity index (χ0v) is 13.4. The SMILES string of the molecule is O=C(Nc1n[nH]c2cc(F)ccc12)c1ccncc1Oc1ccccc1. The van der Waals surface area contributed by atoms with Crippen molar-refractivity contribution in [2.75, 3.05) is 5.32 Å². The lowest BCUT2D eigenvalue weighted by Gasteiger charge is -2.10. The van der Waals surface area contributed by atoms with Gasteiger partial charge in [-0.3, -0.25) is 14.9 Å². The molecule has 0 unspecified atom stereocenters. The Hall–Kier alpha value is -3.74. The second-order valence-corrected chi connectivity index (χ2v) is 5.50. The molecule has 4 aromatic rings. The highest BCUT2D eigenvalue weighted by Crippen LogP contribution is 2.26. The highest BCUT2D eigenvalue weighted by molar-refractivity contribution is 6.09. The first kappa shape index (κ1) is 15.8. The Morgan fingerprint density at radius 1 is 1.12 bits per heavy atom. The van der Waals surface area contributed by atoms with Crippen molar-refractivity contribution in [3.05, 3.63) is 78.4 Å². The van der Waals surface area contributed by atoms with E-state index >= 15 is 0 Å². The van der Waals surface area contributed by atoms with E-state index in [0.29, 0.717) is 33.8 Å². The van der Waals surface area contributed by atoms with Gasteiger partial charge in [-0.05, 0) is 36.4 Å². The number of benzene rings is 2. The number of para-hydroxylation sites is 1. The van der Waals surface area contributed by atoms with Crippen molar-refractivity contribution in [2.45, 2.75) is 0 Å². The third kappa shape index (κ3) is 3.10. The fraction of sp³-hybridized carbons (Fsp3) is 0. The Labute approximate surface area is 147 Å². The number of aromatic amines is 1. The summed E-state index contributed by atoms with van der Waals surface area (Å²) in [6.45, 7) is 0. The molecule has 0 saturated heterocycles. The van der Waals surface area contributed by atoms with Crippen LogP contribution in [0.2, 0.25) is 0 Å². The number of fused-ring (bicyclic) bond motifs is 1. The molecular weight excluding hydrogens is 335 g/mol. The molecule has 0 bridgehead atoms. The summed E-state index contributed by atoms with van der Waals surface area (Å²) in [5, 5.41) is 10.1. The fourth-order valence-electron chi connectivity index (χ4n) is 2.53. The van der Waals surface area contributed by atoms with E-state index in [2.05, 4.69) is 20.5 Å². The predicted molar refractivity (Wildman–Crippen MR) is 94.8 cm³/mol. The summed E-state index contributed by atoms with van der Waals surface area (Å²) in [6, 6.07) is 14.8. The van der Waals surface area contributed by atoms with Crippen LogP contribution in [-0.2, 0) is 0 Å². The number of pyridine rings is 1. The molecule has 0 spiro atoms. The number of hydrogen-bond donors (Lipinski definition) is 2. The third-order valence-corrected chi connectivity index (χ3v) is 3.76. The van der Waals surface area contributed by atoms with Crippen molar-refractivity contribution in [1.29, 1.82) is 0 Å². The molecule has 0 radical (unpaired) electrons. The largest absolute Gasteiger partial charge is 0.455 e. The Bertz CT molecular complexity index is 1080. The normalized spacial score (nSPS) is 10.7. The Kier molecular flexibility index (Phi) is 4.03. The second-order valence-electron chi connectivity index (χ2n) is 5.50. The zero-order valence-electron chi connectivity index (χ0n) is 13.4. The van der Waals surface area contributed by atoms with Crippen LogP contribution >= 0.6 is 0 Å². The summed E-state index contributed by atoms with van der Waals surface area (Å²) in [4.78, 5) is 16.7. The van der Waals surface area contributed by atoms with Crippen LogP contribution in [0.25, 0.3) is 10.9 Å². The lowest BCUT2D eigenvalue weighted by molar-refractivity contribution is 0.102. The number of H-pyrrole nitrogens is 1. The molecule has 6 nitrogen and oxygen atoms in total. The molecule has 2 N–H and O–H groups in total. The van der Waals surface area contributed by atoms with Crippen molar-refractivity contribution >= 4 is 22.6 Å². The molecule has 7 heteroatoms. The smallest absolute Gasteiger partial charge is 0.260 e. The standard InChI is InChI=1S/C19H13FN4O2/c20-12-6-7-14-16(10-12)23-24-18(14)22-19(25)15-8-9-21-11-17(15)26-13-4-2-1-3-5-13/h1-11H,(H2,22,23,24,25).